The third kappa shape index (κ3) is 4.39. The molecule has 2 heteroatoms. The van der Waals surface area contributed by atoms with Crippen LogP contribution in [-0.2, 0) is 5.41 Å². The summed E-state index contributed by atoms with van der Waals surface area (Å²) in [7, 11) is 0. The number of ether oxygens (including phenoxy) is 2. The summed E-state index contributed by atoms with van der Waals surface area (Å²) in [6.07, 6.45) is 0.333. The monoisotopic (exact) mass is 374 g/mol. The van der Waals surface area contributed by atoms with Gasteiger partial charge in [0.15, 0.2) is 0 Å². The fraction of sp³-hybridized carbons (Fsp3) is 0.308. The van der Waals surface area contributed by atoms with E-state index in [0.29, 0.717) is 0 Å². The van der Waals surface area contributed by atoms with Crippen molar-refractivity contribution in [2.45, 2.75) is 52.2 Å². The smallest absolute Gasteiger partial charge is 0.119 e. The zero-order valence-corrected chi connectivity index (χ0v) is 17.5. The van der Waals surface area contributed by atoms with Crippen molar-refractivity contribution >= 4 is 0 Å². The molecule has 0 saturated carbocycles. The third-order valence-corrected chi connectivity index (χ3v) is 4.96. The van der Waals surface area contributed by atoms with Gasteiger partial charge in [-0.15, -0.1) is 0 Å². The lowest BCUT2D eigenvalue weighted by molar-refractivity contribution is 0.242. The summed E-state index contributed by atoms with van der Waals surface area (Å²) in [6.45, 7) is 10.5. The minimum atomic E-state index is -0.270. The average molecular weight is 375 g/mol. The van der Waals surface area contributed by atoms with Gasteiger partial charge >= 0.3 is 0 Å². The molecule has 0 aromatic heterocycles. The molecule has 0 bridgehead atoms. The highest BCUT2D eigenvalue weighted by atomic mass is 16.5. The Bertz CT molecular complexity index is 809. The van der Waals surface area contributed by atoms with Gasteiger partial charge in [-0.05, 0) is 75.6 Å². The predicted octanol–water partition coefficient (Wildman–Crippen LogP) is 6.62. The van der Waals surface area contributed by atoms with Gasteiger partial charge in [0.25, 0.3) is 0 Å². The first-order valence-corrected chi connectivity index (χ1v) is 9.99. The molecule has 146 valence electrons. The second-order valence-electron chi connectivity index (χ2n) is 7.87. The Labute approximate surface area is 169 Å². The molecule has 0 radical (unpaired) electrons. The van der Waals surface area contributed by atoms with Crippen LogP contribution in [0.15, 0.2) is 78.9 Å². The summed E-state index contributed by atoms with van der Waals surface area (Å²) in [6, 6.07) is 27.6. The van der Waals surface area contributed by atoms with Crippen molar-refractivity contribution in [1.82, 2.24) is 0 Å². The van der Waals surface area contributed by atoms with E-state index < -0.39 is 0 Å². The van der Waals surface area contributed by atoms with Crippen LogP contribution in [-0.4, -0.2) is 12.2 Å². The Hall–Kier alpha value is -2.74. The van der Waals surface area contributed by atoms with Gasteiger partial charge in [-0.25, -0.2) is 0 Å². The lowest BCUT2D eigenvalue weighted by Crippen LogP contribution is -2.25. The Balaban J connectivity index is 2.04. The van der Waals surface area contributed by atoms with Crippen LogP contribution in [0, 0.1) is 0 Å². The summed E-state index contributed by atoms with van der Waals surface area (Å²) in [5.41, 5.74) is 3.44. The molecule has 0 aliphatic carbocycles. The molecule has 0 unspecified atom stereocenters. The zero-order valence-electron chi connectivity index (χ0n) is 17.5. The molecule has 0 spiro atoms. The first-order chi connectivity index (χ1) is 13.4. The van der Waals surface area contributed by atoms with E-state index >= 15 is 0 Å². The van der Waals surface area contributed by atoms with E-state index in [1.54, 1.807) is 0 Å². The van der Waals surface area contributed by atoms with E-state index in [2.05, 4.69) is 85.8 Å². The Morgan fingerprint density at radius 1 is 0.536 bits per heavy atom. The fourth-order valence-corrected chi connectivity index (χ4v) is 3.55. The Morgan fingerprint density at radius 3 is 1.25 bits per heavy atom. The highest BCUT2D eigenvalue weighted by Crippen LogP contribution is 2.40. The van der Waals surface area contributed by atoms with Gasteiger partial charge < -0.3 is 9.47 Å². The molecule has 0 amide bonds. The van der Waals surface area contributed by atoms with Crippen LogP contribution < -0.4 is 9.47 Å². The van der Waals surface area contributed by atoms with Crippen molar-refractivity contribution in [2.24, 2.45) is 0 Å². The van der Waals surface area contributed by atoms with Crippen LogP contribution in [0.5, 0.6) is 11.5 Å². The number of hydrogen-bond donors (Lipinski definition) is 0. The van der Waals surface area contributed by atoms with Crippen molar-refractivity contribution in [1.29, 1.82) is 0 Å². The standard InChI is InChI=1S/C26H30O2/c1-19(2)27-24-15-11-22(12-16-24)26(5,21-9-7-6-8-10-21)23-13-17-25(18-14-23)28-20(3)4/h6-20H,1-5H3. The van der Waals surface area contributed by atoms with Gasteiger partial charge in [0, 0.05) is 5.41 Å². The molecule has 3 aromatic carbocycles. The second-order valence-corrected chi connectivity index (χ2v) is 7.87. The number of hydrogen-bond acceptors (Lipinski definition) is 2. The van der Waals surface area contributed by atoms with Crippen LogP contribution in [0.3, 0.4) is 0 Å². The van der Waals surface area contributed by atoms with Gasteiger partial charge in [0.05, 0.1) is 12.2 Å². The maximum atomic E-state index is 5.83. The fourth-order valence-electron chi connectivity index (χ4n) is 3.55. The minimum Gasteiger partial charge on any atom is -0.491 e. The normalized spacial score (nSPS) is 11.7. The first-order valence-electron chi connectivity index (χ1n) is 9.99. The van der Waals surface area contributed by atoms with E-state index in [-0.39, 0.29) is 17.6 Å². The van der Waals surface area contributed by atoms with Crippen molar-refractivity contribution < 1.29 is 9.47 Å². The van der Waals surface area contributed by atoms with Crippen molar-refractivity contribution in [3.8, 4) is 11.5 Å². The van der Waals surface area contributed by atoms with Crippen LogP contribution in [0.1, 0.15) is 51.3 Å². The summed E-state index contributed by atoms with van der Waals surface area (Å²) >= 11 is 0. The molecular formula is C26H30O2. The van der Waals surface area contributed by atoms with E-state index in [1.165, 1.54) is 16.7 Å². The maximum absolute atomic E-state index is 5.83. The van der Waals surface area contributed by atoms with Crippen molar-refractivity contribution in [3.63, 3.8) is 0 Å². The van der Waals surface area contributed by atoms with E-state index in [9.17, 15) is 0 Å². The third-order valence-electron chi connectivity index (χ3n) is 4.96. The van der Waals surface area contributed by atoms with Crippen LogP contribution in [0.4, 0.5) is 0 Å². The second kappa shape index (κ2) is 8.52. The first kappa shape index (κ1) is 20.0. The Morgan fingerprint density at radius 2 is 0.893 bits per heavy atom. The average Bonchev–Trinajstić information content (AvgIpc) is 2.68. The molecule has 2 nitrogen and oxygen atoms in total. The lowest BCUT2D eigenvalue weighted by atomic mass is 9.71. The molecule has 0 heterocycles. The predicted molar refractivity (Wildman–Crippen MR) is 116 cm³/mol. The van der Waals surface area contributed by atoms with Crippen LogP contribution in [0.25, 0.3) is 0 Å². The van der Waals surface area contributed by atoms with E-state index in [0.717, 1.165) is 11.5 Å². The molecule has 0 N–H and O–H groups in total. The largest absolute Gasteiger partial charge is 0.491 e. The molecule has 3 aromatic rings. The molecule has 0 aliphatic rings. The molecular weight excluding hydrogens is 344 g/mol. The van der Waals surface area contributed by atoms with E-state index in [1.807, 2.05) is 27.7 Å². The lowest BCUT2D eigenvalue weighted by Gasteiger charge is -2.32. The number of rotatable bonds is 7. The van der Waals surface area contributed by atoms with Gasteiger partial charge in [0.1, 0.15) is 11.5 Å². The highest BCUT2D eigenvalue weighted by molar-refractivity contribution is 5.51. The molecule has 3 rings (SSSR count). The van der Waals surface area contributed by atoms with E-state index in [4.69, 9.17) is 9.47 Å². The van der Waals surface area contributed by atoms with Crippen LogP contribution >= 0.6 is 0 Å². The summed E-state index contributed by atoms with van der Waals surface area (Å²) in [5, 5.41) is 0. The molecule has 0 atom stereocenters. The zero-order chi connectivity index (χ0) is 20.1. The Kier molecular flexibility index (Phi) is 6.08. The minimum absolute atomic E-state index is 0.167. The van der Waals surface area contributed by atoms with Crippen molar-refractivity contribution in [3.05, 3.63) is 95.6 Å². The SMILES string of the molecule is CC(C)Oc1ccc(C(C)(c2ccccc2)c2ccc(OC(C)C)cc2)cc1. The summed E-state index contributed by atoms with van der Waals surface area (Å²) in [4.78, 5) is 0. The quantitative estimate of drug-likeness (QED) is 0.433. The molecule has 28 heavy (non-hydrogen) atoms. The summed E-state index contributed by atoms with van der Waals surface area (Å²) in [5.74, 6) is 1.80. The van der Waals surface area contributed by atoms with Crippen molar-refractivity contribution in [2.75, 3.05) is 0 Å². The van der Waals surface area contributed by atoms with Gasteiger partial charge in [-0.1, -0.05) is 54.6 Å². The topological polar surface area (TPSA) is 18.5 Å². The summed E-state index contributed by atoms with van der Waals surface area (Å²) < 4.78 is 11.7. The van der Waals surface area contributed by atoms with Gasteiger partial charge in [-0.2, -0.15) is 0 Å². The number of benzene rings is 3. The van der Waals surface area contributed by atoms with Gasteiger partial charge in [-0.3, -0.25) is 0 Å². The molecule has 0 saturated heterocycles. The van der Waals surface area contributed by atoms with Crippen LogP contribution in [0.2, 0.25) is 0 Å². The molecule has 0 fully saturated rings. The molecule has 0 aliphatic heterocycles. The highest BCUT2D eigenvalue weighted by Gasteiger charge is 2.31. The van der Waals surface area contributed by atoms with Gasteiger partial charge in [0.2, 0.25) is 0 Å². The maximum Gasteiger partial charge on any atom is 0.119 e.